The first-order valence-electron chi connectivity index (χ1n) is 10.2. The molecule has 33 heavy (non-hydrogen) atoms. The van der Waals surface area contributed by atoms with Gasteiger partial charge in [0.05, 0.1) is 5.56 Å². The molecule has 2 aliphatic rings. The largest absolute Gasteiger partial charge is 0.508 e. The molecule has 0 unspecified atom stereocenters. The van der Waals surface area contributed by atoms with E-state index in [0.717, 1.165) is 12.1 Å². The molecule has 1 aliphatic carbocycles. The normalized spacial score (nSPS) is 11.8. The number of aryl methyl sites for hydroxylation is 1. The van der Waals surface area contributed by atoms with Crippen LogP contribution in [-0.4, -0.2) is 22.0 Å². The molecule has 2 aromatic carbocycles. The summed E-state index contributed by atoms with van der Waals surface area (Å²) in [4.78, 5) is 37.0. The lowest BCUT2D eigenvalue weighted by molar-refractivity contribution is 0.0697. The molecule has 0 aromatic heterocycles. The molecule has 7 heteroatoms. The second kappa shape index (κ2) is 7.55. The molecule has 0 radical (unpaired) electrons. The molecule has 0 saturated carbocycles. The molecule has 4 rings (SSSR count). The fourth-order valence-electron chi connectivity index (χ4n) is 3.84. The van der Waals surface area contributed by atoms with Crippen LogP contribution < -0.4 is 5.43 Å². The molecule has 2 aromatic rings. The predicted molar refractivity (Wildman–Crippen MR) is 122 cm³/mol. The number of benzene rings is 3. The van der Waals surface area contributed by atoms with Gasteiger partial charge in [-0.2, -0.15) is 0 Å². The van der Waals surface area contributed by atoms with Crippen molar-refractivity contribution in [1.29, 1.82) is 0 Å². The van der Waals surface area contributed by atoms with Gasteiger partial charge in [-0.25, -0.2) is 9.18 Å². The van der Waals surface area contributed by atoms with E-state index in [-0.39, 0.29) is 45.1 Å². The molecular weight excluding hydrogens is 427 g/mol. The van der Waals surface area contributed by atoms with E-state index in [0.29, 0.717) is 16.5 Å². The maximum Gasteiger partial charge on any atom is 0.336 e. The number of phenols is 1. The minimum atomic E-state index is -1.24. The maximum absolute atomic E-state index is 14.3. The molecule has 1 aliphatic heterocycles. The molecule has 0 fully saturated rings. The van der Waals surface area contributed by atoms with Gasteiger partial charge in [-0.05, 0) is 42.3 Å². The van der Waals surface area contributed by atoms with Crippen molar-refractivity contribution >= 4 is 22.7 Å². The Kier molecular flexibility index (Phi) is 5.08. The van der Waals surface area contributed by atoms with Gasteiger partial charge in [0.1, 0.15) is 17.1 Å². The highest BCUT2D eigenvalue weighted by Gasteiger charge is 2.27. The van der Waals surface area contributed by atoms with Crippen molar-refractivity contribution in [2.24, 2.45) is 5.41 Å². The number of hydrogen-bond donors (Lipinski definition) is 2. The Morgan fingerprint density at radius 2 is 1.70 bits per heavy atom. The molecule has 2 N–H and O–H groups in total. The van der Waals surface area contributed by atoms with E-state index >= 15 is 0 Å². The number of aromatic hydroxyl groups is 1. The van der Waals surface area contributed by atoms with Gasteiger partial charge in [-0.15, -0.1) is 0 Å². The van der Waals surface area contributed by atoms with E-state index < -0.39 is 22.6 Å². The van der Waals surface area contributed by atoms with Crippen molar-refractivity contribution in [3.63, 3.8) is 0 Å². The van der Waals surface area contributed by atoms with Crippen molar-refractivity contribution in [3.8, 4) is 28.2 Å². The maximum atomic E-state index is 14.3. The van der Waals surface area contributed by atoms with Gasteiger partial charge in [0, 0.05) is 39.6 Å². The van der Waals surface area contributed by atoms with Crippen LogP contribution in [0.1, 0.15) is 47.1 Å². The minimum Gasteiger partial charge on any atom is -0.508 e. The molecule has 0 saturated heterocycles. The van der Waals surface area contributed by atoms with Gasteiger partial charge in [-0.3, -0.25) is 9.59 Å². The number of ketones is 1. The van der Waals surface area contributed by atoms with Crippen LogP contribution >= 0.6 is 0 Å². The lowest BCUT2D eigenvalue weighted by Gasteiger charge is -2.20. The van der Waals surface area contributed by atoms with Gasteiger partial charge in [0.25, 0.3) is 0 Å². The van der Waals surface area contributed by atoms with E-state index in [1.807, 2.05) is 0 Å². The van der Waals surface area contributed by atoms with Gasteiger partial charge < -0.3 is 14.6 Å². The smallest absolute Gasteiger partial charge is 0.336 e. The van der Waals surface area contributed by atoms with Gasteiger partial charge in [0.2, 0.25) is 5.43 Å². The Bertz CT molecular complexity index is 1490. The quantitative estimate of drug-likeness (QED) is 0.310. The molecule has 168 valence electrons. The third-order valence-electron chi connectivity index (χ3n) is 5.55. The molecule has 0 amide bonds. The van der Waals surface area contributed by atoms with Crippen LogP contribution in [0.2, 0.25) is 0 Å². The first kappa shape index (κ1) is 22.2. The summed E-state index contributed by atoms with van der Waals surface area (Å²) in [6.45, 7) is 6.92. The molecule has 0 bridgehead atoms. The number of Topliss-reactive ketones (excluding diaryl/α,β-unsaturated/α-hetero) is 1. The summed E-state index contributed by atoms with van der Waals surface area (Å²) in [5.41, 5.74) is -0.123. The zero-order valence-electron chi connectivity index (χ0n) is 18.4. The van der Waals surface area contributed by atoms with Crippen molar-refractivity contribution in [2.45, 2.75) is 27.7 Å². The Balaban J connectivity index is 2.21. The number of hydrogen-bond acceptors (Lipinski definition) is 5. The van der Waals surface area contributed by atoms with E-state index in [1.165, 1.54) is 24.3 Å². The van der Waals surface area contributed by atoms with Crippen molar-refractivity contribution in [2.75, 3.05) is 0 Å². The Hall–Kier alpha value is -4.00. The highest BCUT2D eigenvalue weighted by atomic mass is 19.1. The van der Waals surface area contributed by atoms with Crippen LogP contribution in [0, 0.1) is 18.2 Å². The first-order chi connectivity index (χ1) is 15.4. The molecule has 1 heterocycles. The average Bonchev–Trinajstić information content (AvgIpc) is 2.73. The lowest BCUT2D eigenvalue weighted by atomic mass is 9.83. The predicted octanol–water partition coefficient (Wildman–Crippen LogP) is 5.64. The van der Waals surface area contributed by atoms with Crippen LogP contribution in [-0.2, 0) is 0 Å². The van der Waals surface area contributed by atoms with E-state index in [4.69, 9.17) is 4.42 Å². The summed E-state index contributed by atoms with van der Waals surface area (Å²) in [6.07, 6.45) is 0. The van der Waals surface area contributed by atoms with Crippen molar-refractivity contribution in [3.05, 3.63) is 75.2 Å². The zero-order valence-corrected chi connectivity index (χ0v) is 18.4. The van der Waals surface area contributed by atoms with Crippen LogP contribution in [0.4, 0.5) is 4.39 Å². The second-order valence-corrected chi connectivity index (χ2v) is 9.04. The number of aromatic carboxylic acids is 1. The highest BCUT2D eigenvalue weighted by Crippen LogP contribution is 2.43. The average molecular weight is 448 g/mol. The first-order valence-corrected chi connectivity index (χ1v) is 10.2. The molecule has 0 atom stereocenters. The Morgan fingerprint density at radius 3 is 2.33 bits per heavy atom. The third-order valence-corrected chi connectivity index (χ3v) is 5.55. The van der Waals surface area contributed by atoms with Crippen LogP contribution in [0.5, 0.6) is 5.75 Å². The highest BCUT2D eigenvalue weighted by molar-refractivity contribution is 6.10. The standard InChI is InChI=1S/C26H21FO6/c1-12-7-16-21(10-19(12)28)33-22-11-20(29)18(27)9-17(22)23(16)15-8-13(24(30)26(2,3)4)5-6-14(15)25(31)32/h5-11,28H,1-4H3,(H,31,32). The molecule has 6 nitrogen and oxygen atoms in total. The number of fused-ring (bicyclic) bond motifs is 2. The van der Waals surface area contributed by atoms with Gasteiger partial charge >= 0.3 is 5.97 Å². The summed E-state index contributed by atoms with van der Waals surface area (Å²) in [7, 11) is 0. The molecule has 0 spiro atoms. The topological polar surface area (TPSA) is 105 Å². The summed E-state index contributed by atoms with van der Waals surface area (Å²) >= 11 is 0. The van der Waals surface area contributed by atoms with E-state index in [1.54, 1.807) is 33.8 Å². The monoisotopic (exact) mass is 448 g/mol. The van der Waals surface area contributed by atoms with E-state index in [9.17, 15) is 29.0 Å². The van der Waals surface area contributed by atoms with Gasteiger partial charge in [0.15, 0.2) is 11.6 Å². The second-order valence-electron chi connectivity index (χ2n) is 9.04. The fraction of sp³-hybridized carbons (Fsp3) is 0.192. The number of carbonyl (C=O) groups is 2. The summed E-state index contributed by atoms with van der Waals surface area (Å²) < 4.78 is 20.1. The third kappa shape index (κ3) is 3.75. The van der Waals surface area contributed by atoms with Crippen LogP contribution in [0.15, 0.2) is 51.7 Å². The number of phenolic OH excluding ortho intramolecular Hbond substituents is 1. The number of carboxylic acids is 1. The van der Waals surface area contributed by atoms with Gasteiger partial charge in [-0.1, -0.05) is 26.8 Å². The number of carbonyl (C=O) groups excluding carboxylic acids is 1. The van der Waals surface area contributed by atoms with Crippen molar-refractivity contribution < 1.29 is 28.6 Å². The number of rotatable bonds is 3. The Morgan fingerprint density at radius 1 is 1.00 bits per heavy atom. The SMILES string of the molecule is Cc1cc2c(-c3cc(C(=O)C(C)(C)C)ccc3C(=O)O)c3cc(F)c(=O)cc-3oc2cc1O. The summed E-state index contributed by atoms with van der Waals surface area (Å²) in [5.74, 6) is -2.49. The van der Waals surface area contributed by atoms with E-state index in [2.05, 4.69) is 0 Å². The summed E-state index contributed by atoms with van der Waals surface area (Å²) in [6, 6.07) is 9.19. The summed E-state index contributed by atoms with van der Waals surface area (Å²) in [5, 5.41) is 20.5. The lowest BCUT2D eigenvalue weighted by Crippen LogP contribution is -2.20. The minimum absolute atomic E-state index is 0.0241. The fourth-order valence-corrected chi connectivity index (χ4v) is 3.84. The number of halogens is 1. The molecular formula is C26H21FO6. The van der Waals surface area contributed by atoms with Crippen molar-refractivity contribution in [1.82, 2.24) is 0 Å². The number of carboxylic acid groups (broad SMARTS) is 1. The zero-order chi connectivity index (χ0) is 24.2. The Labute approximate surface area is 188 Å². The van der Waals surface area contributed by atoms with Crippen LogP contribution in [0.25, 0.3) is 33.4 Å². The van der Waals surface area contributed by atoms with Crippen LogP contribution in [0.3, 0.4) is 0 Å².